The summed E-state index contributed by atoms with van der Waals surface area (Å²) in [5.74, 6) is -0.240. The molecule has 6 nitrogen and oxygen atoms in total. The van der Waals surface area contributed by atoms with Gasteiger partial charge in [0, 0.05) is 5.56 Å². The van der Waals surface area contributed by atoms with E-state index in [9.17, 15) is 9.90 Å². The van der Waals surface area contributed by atoms with E-state index in [1.807, 2.05) is 0 Å². The molecule has 1 aliphatic rings. The minimum Gasteiger partial charge on any atom is -0.508 e. The number of amidine groups is 1. The molecule has 1 aromatic rings. The Bertz CT molecular complexity index is 549. The van der Waals surface area contributed by atoms with Crippen LogP contribution < -0.4 is 11.1 Å². The lowest BCUT2D eigenvalue weighted by molar-refractivity contribution is 0.0922. The van der Waals surface area contributed by atoms with Gasteiger partial charge in [0.15, 0.2) is 5.84 Å². The summed E-state index contributed by atoms with van der Waals surface area (Å²) in [6.45, 7) is 1.76. The van der Waals surface area contributed by atoms with Crippen molar-refractivity contribution in [2.45, 2.75) is 38.1 Å². The highest BCUT2D eigenvalue weighted by Gasteiger charge is 2.39. The van der Waals surface area contributed by atoms with Gasteiger partial charge in [-0.2, -0.15) is 0 Å². The first-order valence-electron chi connectivity index (χ1n) is 6.59. The fourth-order valence-electron chi connectivity index (χ4n) is 2.56. The summed E-state index contributed by atoms with van der Waals surface area (Å²) in [7, 11) is 0. The van der Waals surface area contributed by atoms with Crippen molar-refractivity contribution < 1.29 is 15.1 Å². The third-order valence-electron chi connectivity index (χ3n) is 3.88. The van der Waals surface area contributed by atoms with Crippen LogP contribution in [0, 0.1) is 6.92 Å². The lowest BCUT2D eigenvalue weighted by atomic mass is 9.95. The molecule has 108 valence electrons. The molecule has 0 saturated heterocycles. The minimum absolute atomic E-state index is 0.0275. The zero-order valence-corrected chi connectivity index (χ0v) is 11.4. The number of nitrogens with zero attached hydrogens (tertiary/aromatic N) is 1. The predicted octanol–water partition coefficient (Wildman–Crippen LogP) is 1.49. The van der Waals surface area contributed by atoms with Gasteiger partial charge in [0.25, 0.3) is 5.91 Å². The van der Waals surface area contributed by atoms with Gasteiger partial charge in [-0.3, -0.25) is 4.79 Å². The lowest BCUT2D eigenvalue weighted by Gasteiger charge is -2.28. The number of phenolic OH excluding ortho intramolecular Hbond substituents is 1. The highest BCUT2D eigenvalue weighted by molar-refractivity contribution is 6.00. The Morgan fingerprint density at radius 1 is 1.40 bits per heavy atom. The number of phenols is 1. The van der Waals surface area contributed by atoms with Crippen molar-refractivity contribution in [2.24, 2.45) is 10.9 Å². The molecule has 0 aromatic heterocycles. The number of carbonyl (C=O) groups is 1. The maximum absolute atomic E-state index is 12.3. The van der Waals surface area contributed by atoms with Gasteiger partial charge in [-0.25, -0.2) is 0 Å². The van der Waals surface area contributed by atoms with Crippen LogP contribution in [0.4, 0.5) is 0 Å². The fraction of sp³-hybridized carbons (Fsp3) is 0.429. The van der Waals surface area contributed by atoms with Crippen LogP contribution in [0.2, 0.25) is 0 Å². The maximum Gasteiger partial charge on any atom is 0.252 e. The van der Waals surface area contributed by atoms with Gasteiger partial charge in [0.1, 0.15) is 11.3 Å². The van der Waals surface area contributed by atoms with E-state index in [0.717, 1.165) is 12.8 Å². The van der Waals surface area contributed by atoms with Crippen molar-refractivity contribution in [3.8, 4) is 5.75 Å². The van der Waals surface area contributed by atoms with Gasteiger partial charge < -0.3 is 21.4 Å². The summed E-state index contributed by atoms with van der Waals surface area (Å²) in [6, 6.07) is 4.73. The molecule has 1 aromatic carbocycles. The Morgan fingerprint density at radius 2 is 2.05 bits per heavy atom. The van der Waals surface area contributed by atoms with Crippen LogP contribution in [0.25, 0.3) is 0 Å². The SMILES string of the molecule is Cc1ccc(C(=O)NC2(/C(N)=N/O)CCCC2)cc1O. The van der Waals surface area contributed by atoms with E-state index in [-0.39, 0.29) is 17.5 Å². The molecule has 0 bridgehead atoms. The van der Waals surface area contributed by atoms with Crippen molar-refractivity contribution in [1.82, 2.24) is 5.32 Å². The molecule has 0 heterocycles. The molecule has 5 N–H and O–H groups in total. The number of aryl methyl sites for hydroxylation is 1. The molecule has 1 saturated carbocycles. The molecule has 0 spiro atoms. The quantitative estimate of drug-likeness (QED) is 0.290. The second kappa shape index (κ2) is 5.40. The minimum atomic E-state index is -0.785. The number of carbonyl (C=O) groups excluding carboxylic acids is 1. The van der Waals surface area contributed by atoms with Crippen molar-refractivity contribution in [2.75, 3.05) is 0 Å². The van der Waals surface area contributed by atoms with E-state index in [2.05, 4.69) is 10.5 Å². The Morgan fingerprint density at radius 3 is 2.60 bits per heavy atom. The van der Waals surface area contributed by atoms with E-state index in [0.29, 0.717) is 24.0 Å². The molecule has 1 amide bonds. The van der Waals surface area contributed by atoms with E-state index >= 15 is 0 Å². The van der Waals surface area contributed by atoms with E-state index in [1.165, 1.54) is 6.07 Å². The topological polar surface area (TPSA) is 108 Å². The molecule has 1 fully saturated rings. The Balaban J connectivity index is 2.23. The number of hydrogen-bond donors (Lipinski definition) is 4. The monoisotopic (exact) mass is 277 g/mol. The zero-order valence-electron chi connectivity index (χ0n) is 11.4. The second-order valence-electron chi connectivity index (χ2n) is 5.23. The van der Waals surface area contributed by atoms with Gasteiger partial charge in [-0.05, 0) is 37.5 Å². The van der Waals surface area contributed by atoms with Crippen LogP contribution in [0.5, 0.6) is 5.75 Å². The Kier molecular flexibility index (Phi) is 3.83. The zero-order chi connectivity index (χ0) is 14.8. The predicted molar refractivity (Wildman–Crippen MR) is 74.9 cm³/mol. The fourth-order valence-corrected chi connectivity index (χ4v) is 2.56. The molecular weight excluding hydrogens is 258 g/mol. The van der Waals surface area contributed by atoms with E-state index in [4.69, 9.17) is 10.9 Å². The molecule has 6 heteroatoms. The number of aromatic hydroxyl groups is 1. The number of benzene rings is 1. The summed E-state index contributed by atoms with van der Waals surface area (Å²) in [6.07, 6.45) is 3.12. The van der Waals surface area contributed by atoms with Crippen molar-refractivity contribution in [1.29, 1.82) is 0 Å². The smallest absolute Gasteiger partial charge is 0.252 e. The van der Waals surface area contributed by atoms with Crippen LogP contribution in [-0.2, 0) is 0 Å². The van der Waals surface area contributed by atoms with Gasteiger partial charge in [-0.1, -0.05) is 24.1 Å². The van der Waals surface area contributed by atoms with Gasteiger partial charge >= 0.3 is 0 Å². The first kappa shape index (κ1) is 14.2. The second-order valence-corrected chi connectivity index (χ2v) is 5.23. The number of nitrogens with one attached hydrogen (secondary N) is 1. The number of nitrogens with two attached hydrogens (primary N) is 1. The van der Waals surface area contributed by atoms with Crippen molar-refractivity contribution >= 4 is 11.7 Å². The third kappa shape index (κ3) is 2.54. The summed E-state index contributed by atoms with van der Waals surface area (Å²) in [4.78, 5) is 12.3. The summed E-state index contributed by atoms with van der Waals surface area (Å²) in [5, 5.41) is 24.4. The standard InChI is InChI=1S/C14H19N3O3/c1-9-4-5-10(8-11(9)18)12(19)16-14(13(15)17-20)6-2-3-7-14/h4-5,8,18,20H,2-3,6-7H2,1H3,(H2,15,17)(H,16,19). The Hall–Kier alpha value is -2.24. The molecule has 0 radical (unpaired) electrons. The molecular formula is C14H19N3O3. The molecule has 0 unspecified atom stereocenters. The molecule has 20 heavy (non-hydrogen) atoms. The maximum atomic E-state index is 12.3. The summed E-state index contributed by atoms with van der Waals surface area (Å²) < 4.78 is 0. The lowest BCUT2D eigenvalue weighted by Crippen LogP contribution is -2.55. The number of oxime groups is 1. The first-order chi connectivity index (χ1) is 9.48. The number of hydrogen-bond acceptors (Lipinski definition) is 4. The van der Waals surface area contributed by atoms with Crippen LogP contribution >= 0.6 is 0 Å². The summed E-state index contributed by atoms with van der Waals surface area (Å²) in [5.41, 5.74) is 6.00. The Labute approximate surface area is 117 Å². The molecule has 2 rings (SSSR count). The van der Waals surface area contributed by atoms with Gasteiger partial charge in [0.05, 0.1) is 0 Å². The van der Waals surface area contributed by atoms with Gasteiger partial charge in [0.2, 0.25) is 0 Å². The van der Waals surface area contributed by atoms with Crippen LogP contribution in [0.3, 0.4) is 0 Å². The van der Waals surface area contributed by atoms with Crippen LogP contribution in [0.15, 0.2) is 23.4 Å². The summed E-state index contributed by atoms with van der Waals surface area (Å²) >= 11 is 0. The largest absolute Gasteiger partial charge is 0.508 e. The highest BCUT2D eigenvalue weighted by atomic mass is 16.4. The van der Waals surface area contributed by atoms with Crippen molar-refractivity contribution in [3.63, 3.8) is 0 Å². The molecule has 0 aliphatic heterocycles. The number of amides is 1. The first-order valence-corrected chi connectivity index (χ1v) is 6.59. The van der Waals surface area contributed by atoms with Crippen molar-refractivity contribution in [3.05, 3.63) is 29.3 Å². The third-order valence-corrected chi connectivity index (χ3v) is 3.88. The van der Waals surface area contributed by atoms with Crippen LogP contribution in [0.1, 0.15) is 41.6 Å². The normalized spacial score (nSPS) is 17.9. The van der Waals surface area contributed by atoms with E-state index in [1.54, 1.807) is 19.1 Å². The van der Waals surface area contributed by atoms with Crippen LogP contribution in [-0.4, -0.2) is 27.6 Å². The highest BCUT2D eigenvalue weighted by Crippen LogP contribution is 2.30. The number of rotatable bonds is 3. The average Bonchev–Trinajstić information content (AvgIpc) is 2.90. The molecule has 0 atom stereocenters. The van der Waals surface area contributed by atoms with E-state index < -0.39 is 5.54 Å². The average molecular weight is 277 g/mol. The van der Waals surface area contributed by atoms with Gasteiger partial charge in [-0.15, -0.1) is 0 Å². The molecule has 1 aliphatic carbocycles.